The number of hydrogen-bond acceptors (Lipinski definition) is 9. The van der Waals surface area contributed by atoms with Crippen molar-refractivity contribution in [2.75, 3.05) is 19.3 Å². The van der Waals surface area contributed by atoms with Crippen LogP contribution in [0.3, 0.4) is 0 Å². The van der Waals surface area contributed by atoms with Crippen LogP contribution >= 0.6 is 0 Å². The summed E-state index contributed by atoms with van der Waals surface area (Å²) in [5.41, 5.74) is 12.1. The molecular weight excluding hydrogens is 859 g/mol. The number of allylic oxidation sites excluding steroid dienone is 2. The Labute approximate surface area is 415 Å². The fraction of sp³-hybridized carbons (Fsp3) is 0.733. The number of anilines is 1. The van der Waals surface area contributed by atoms with E-state index in [1.165, 1.54) is 23.1 Å². The number of aromatic hydroxyl groups is 1. The van der Waals surface area contributed by atoms with Crippen LogP contribution in [0.5, 0.6) is 5.75 Å². The number of fused-ring (bicyclic) bond motifs is 5. The number of phenols is 1. The summed E-state index contributed by atoms with van der Waals surface area (Å²) in [5, 5.41) is 41.4. The van der Waals surface area contributed by atoms with Gasteiger partial charge in [0.05, 0.1) is 17.8 Å². The molecule has 0 bridgehead atoms. The summed E-state index contributed by atoms with van der Waals surface area (Å²) in [6.07, 6.45) is 12.8. The summed E-state index contributed by atoms with van der Waals surface area (Å²) in [6.45, 7) is 21.2. The van der Waals surface area contributed by atoms with Gasteiger partial charge in [0.25, 0.3) is 0 Å². The first-order valence-electron chi connectivity index (χ1n) is 27.5. The maximum Gasteiger partial charge on any atom is 0.160 e. The zero-order valence-corrected chi connectivity index (χ0v) is 44.1. The Morgan fingerprint density at radius 1 is 0.841 bits per heavy atom. The molecule has 14 unspecified atom stereocenters. The number of hydrogen-bond donors (Lipinski definition) is 6. The van der Waals surface area contributed by atoms with Gasteiger partial charge in [-0.15, -0.1) is 0 Å². The summed E-state index contributed by atoms with van der Waals surface area (Å²) < 4.78 is 6.77. The van der Waals surface area contributed by atoms with Gasteiger partial charge in [0.2, 0.25) is 0 Å². The molecule has 6 fully saturated rings. The molecule has 9 nitrogen and oxygen atoms in total. The monoisotopic (exact) mass is 948 g/mol. The molecule has 380 valence electrons. The number of epoxide rings is 1. The molecule has 0 aromatic heterocycles. The van der Waals surface area contributed by atoms with E-state index in [1.807, 2.05) is 20.0 Å². The number of carbonyl (C=O) groups excluding carboxylic acids is 2. The first-order chi connectivity index (χ1) is 32.5. The number of phenolic OH excluding ortho intramolecular Hbond substituents is 1. The number of ether oxygens (including phenoxy) is 1. The highest BCUT2D eigenvalue weighted by molar-refractivity contribution is 6.01. The van der Waals surface area contributed by atoms with Crippen molar-refractivity contribution >= 4 is 17.3 Å². The van der Waals surface area contributed by atoms with Crippen LogP contribution in [0.1, 0.15) is 186 Å². The fourth-order valence-corrected chi connectivity index (χ4v) is 17.8. The molecule has 6 aliphatic carbocycles. The molecule has 7 aliphatic rings. The van der Waals surface area contributed by atoms with Crippen molar-refractivity contribution in [2.45, 2.75) is 207 Å². The number of aliphatic hydroxyl groups is 2. The zero-order valence-electron chi connectivity index (χ0n) is 44.1. The molecule has 69 heavy (non-hydrogen) atoms. The quantitative estimate of drug-likeness (QED) is 0.0755. The van der Waals surface area contributed by atoms with E-state index >= 15 is 9.59 Å². The summed E-state index contributed by atoms with van der Waals surface area (Å²) in [5.74, 6) is 2.03. The molecule has 9 rings (SSSR count). The van der Waals surface area contributed by atoms with E-state index in [1.54, 1.807) is 6.07 Å². The number of ketones is 2. The number of benzene rings is 2. The lowest BCUT2D eigenvalue weighted by atomic mass is 9.34. The smallest absolute Gasteiger partial charge is 0.160 e. The third-order valence-corrected chi connectivity index (χ3v) is 20.6. The van der Waals surface area contributed by atoms with Gasteiger partial charge in [0.15, 0.2) is 5.78 Å². The number of Topliss-reactive ketones (excluding diaryl/α,β-unsaturated/α-hetero) is 2. The van der Waals surface area contributed by atoms with Crippen molar-refractivity contribution in [1.29, 1.82) is 0 Å². The molecule has 5 saturated carbocycles. The molecule has 0 spiro atoms. The van der Waals surface area contributed by atoms with Gasteiger partial charge in [0, 0.05) is 48.0 Å². The van der Waals surface area contributed by atoms with Gasteiger partial charge < -0.3 is 36.4 Å². The lowest BCUT2D eigenvalue weighted by molar-refractivity contribution is -0.193. The van der Waals surface area contributed by atoms with Crippen molar-refractivity contribution in [3.63, 3.8) is 0 Å². The fourth-order valence-electron chi connectivity index (χ4n) is 17.8. The van der Waals surface area contributed by atoms with Gasteiger partial charge in [-0.25, -0.2) is 0 Å². The second-order valence-corrected chi connectivity index (χ2v) is 26.0. The van der Waals surface area contributed by atoms with Crippen LogP contribution in [0.15, 0.2) is 47.5 Å². The highest BCUT2D eigenvalue weighted by Gasteiger charge is 2.72. The Balaban J connectivity index is 1.05. The summed E-state index contributed by atoms with van der Waals surface area (Å²) >= 11 is 0. The van der Waals surface area contributed by atoms with E-state index < -0.39 is 28.6 Å². The van der Waals surface area contributed by atoms with Crippen LogP contribution in [-0.2, 0) is 27.3 Å². The molecule has 1 saturated heterocycles. The molecule has 14 atom stereocenters. The van der Waals surface area contributed by atoms with Crippen LogP contribution in [0.4, 0.5) is 5.69 Å². The van der Waals surface area contributed by atoms with Crippen LogP contribution in [-0.4, -0.2) is 70.4 Å². The summed E-state index contributed by atoms with van der Waals surface area (Å²) in [7, 11) is 1.90. The van der Waals surface area contributed by atoms with Gasteiger partial charge >= 0.3 is 0 Å². The van der Waals surface area contributed by atoms with E-state index in [-0.39, 0.29) is 64.0 Å². The molecular formula is C60H89N3O6. The second-order valence-electron chi connectivity index (χ2n) is 26.0. The third kappa shape index (κ3) is 8.80. The number of nitrogen functional groups attached to an aromatic ring is 1. The predicted octanol–water partition coefficient (Wildman–Crippen LogP) is 10.7. The Hall–Kier alpha value is -3.08. The normalized spacial score (nSPS) is 37.9. The molecule has 1 heterocycles. The van der Waals surface area contributed by atoms with Gasteiger partial charge in [-0.1, -0.05) is 91.9 Å². The van der Waals surface area contributed by atoms with Gasteiger partial charge in [-0.3, -0.25) is 9.59 Å². The summed E-state index contributed by atoms with van der Waals surface area (Å²) in [6, 6.07) is 12.3. The number of carbonyl (C=O) groups is 2. The van der Waals surface area contributed by atoms with Crippen molar-refractivity contribution in [3.8, 4) is 5.75 Å². The van der Waals surface area contributed by atoms with E-state index in [4.69, 9.17) is 10.5 Å². The van der Waals surface area contributed by atoms with Gasteiger partial charge in [-0.2, -0.15) is 0 Å². The lowest BCUT2D eigenvalue weighted by Crippen LogP contribution is -2.69. The minimum absolute atomic E-state index is 0.00385. The van der Waals surface area contributed by atoms with E-state index in [9.17, 15) is 15.3 Å². The zero-order chi connectivity index (χ0) is 49.6. The Morgan fingerprint density at radius 2 is 1.57 bits per heavy atom. The Morgan fingerprint density at radius 3 is 2.26 bits per heavy atom. The van der Waals surface area contributed by atoms with E-state index in [2.05, 4.69) is 90.3 Å². The average molecular weight is 948 g/mol. The van der Waals surface area contributed by atoms with E-state index in [0.29, 0.717) is 56.0 Å². The van der Waals surface area contributed by atoms with Crippen molar-refractivity contribution < 1.29 is 29.6 Å². The number of rotatable bonds is 15. The SMILES string of the molecule is CNCc1cc(O)cc(C2CC3(C)C(C(NCC(C)O)CC4(C)C3CCC3=C(C(CC(O)C5OC5(C)C5CCCC5c5cc(N)cc(CC(C)C)c5)C5CCCCC5)C(=O)CC34C)C(C)(C)C2=O)c1. The van der Waals surface area contributed by atoms with Crippen LogP contribution in [0.25, 0.3) is 0 Å². The summed E-state index contributed by atoms with van der Waals surface area (Å²) in [4.78, 5) is 30.4. The van der Waals surface area contributed by atoms with Crippen molar-refractivity contribution in [1.82, 2.24) is 10.6 Å². The van der Waals surface area contributed by atoms with Crippen molar-refractivity contribution in [3.05, 3.63) is 69.8 Å². The van der Waals surface area contributed by atoms with Crippen molar-refractivity contribution in [2.24, 2.45) is 57.2 Å². The molecule has 1 aliphatic heterocycles. The maximum absolute atomic E-state index is 15.3. The molecule has 2 aromatic rings. The standard InChI is InChI=1S/C60H89N3O6/c1-34(2)21-36-22-39(26-41(61)24-36)43-17-14-18-46(43)60(9)55(69-60)49(66)28-44(38-15-12-11-13-16-38)52-47-19-20-51-57(6)29-45(40-23-37(33-62-10)25-42(65)27-40)54(68)56(4,5)53(57)48(63-32-35(3)64)30-59(51,8)58(47,7)31-50(52)67/h22-27,34-35,38,43-46,48-49,51,53,55,62-66H,11-21,28-33,61H2,1-10H3. The van der Waals surface area contributed by atoms with Crippen LogP contribution in [0, 0.1) is 57.2 Å². The average Bonchev–Trinajstić information content (AvgIpc) is 3.57. The molecule has 9 heteroatoms. The topological polar surface area (TPSA) is 157 Å². The highest BCUT2D eigenvalue weighted by atomic mass is 16.6. The highest BCUT2D eigenvalue weighted by Crippen LogP contribution is 2.75. The first kappa shape index (κ1) is 50.8. The largest absolute Gasteiger partial charge is 0.508 e. The van der Waals surface area contributed by atoms with Gasteiger partial charge in [-0.05, 0) is 189 Å². The number of aliphatic hydroxyl groups excluding tert-OH is 2. The molecule has 2 aromatic carbocycles. The van der Waals surface area contributed by atoms with E-state index in [0.717, 1.165) is 93.0 Å². The molecule has 0 amide bonds. The molecule has 7 N–H and O–H groups in total. The minimum Gasteiger partial charge on any atom is -0.508 e. The minimum atomic E-state index is -0.692. The number of nitrogens with one attached hydrogen (secondary N) is 2. The van der Waals surface area contributed by atoms with Crippen LogP contribution < -0.4 is 16.4 Å². The molecule has 0 radical (unpaired) electrons. The third-order valence-electron chi connectivity index (χ3n) is 20.6. The Kier molecular flexibility index (Phi) is 13.8. The first-order valence-corrected chi connectivity index (χ1v) is 27.5. The second kappa shape index (κ2) is 18.8. The van der Waals surface area contributed by atoms with Gasteiger partial charge in [0.1, 0.15) is 17.6 Å². The lowest BCUT2D eigenvalue weighted by Gasteiger charge is -2.70. The predicted molar refractivity (Wildman–Crippen MR) is 276 cm³/mol. The maximum atomic E-state index is 15.3. The van der Waals surface area contributed by atoms with Crippen LogP contribution in [0.2, 0.25) is 0 Å². The Bertz CT molecular complexity index is 2300. The number of nitrogens with two attached hydrogens (primary N) is 1.